The highest BCUT2D eigenvalue weighted by Gasteiger charge is 2.29. The number of likely N-dealkylation sites (tertiary alicyclic amines) is 1. The largest absolute Gasteiger partial charge is 0.357 e. The van der Waals surface area contributed by atoms with E-state index in [9.17, 15) is 0 Å². The number of rotatable bonds is 5. The maximum Gasteiger partial charge on any atom is 0.193 e. The summed E-state index contributed by atoms with van der Waals surface area (Å²) >= 11 is 1.76. The molecular formula is C20H34IN5S. The molecule has 1 unspecified atom stereocenters. The molecule has 1 N–H and O–H groups in total. The van der Waals surface area contributed by atoms with Gasteiger partial charge in [-0.3, -0.25) is 9.89 Å². The Hall–Kier alpha value is -0.670. The maximum atomic E-state index is 4.89. The fraction of sp³-hybridized carbons (Fsp3) is 0.700. The van der Waals surface area contributed by atoms with Crippen LogP contribution in [0, 0.1) is 0 Å². The summed E-state index contributed by atoms with van der Waals surface area (Å²) in [6.45, 7) is 14.9. The van der Waals surface area contributed by atoms with Crippen LogP contribution in [0.15, 0.2) is 22.5 Å². The molecule has 3 rings (SSSR count). The lowest BCUT2D eigenvalue weighted by Crippen LogP contribution is -2.43. The molecule has 7 heteroatoms. The van der Waals surface area contributed by atoms with Crippen molar-refractivity contribution in [2.24, 2.45) is 4.99 Å². The van der Waals surface area contributed by atoms with E-state index in [1.54, 1.807) is 11.3 Å². The fourth-order valence-corrected chi connectivity index (χ4v) is 4.49. The first-order valence-corrected chi connectivity index (χ1v) is 10.7. The van der Waals surface area contributed by atoms with E-state index in [2.05, 4.69) is 60.3 Å². The second kappa shape index (κ2) is 10.2. The van der Waals surface area contributed by atoms with Gasteiger partial charge in [-0.2, -0.15) is 0 Å². The van der Waals surface area contributed by atoms with Gasteiger partial charge in [0, 0.05) is 62.5 Å². The zero-order valence-electron chi connectivity index (χ0n) is 17.1. The fourth-order valence-electron chi connectivity index (χ4n) is 3.48. The minimum absolute atomic E-state index is 0. The molecule has 0 amide bonds. The number of nitrogens with zero attached hydrogens (tertiary/aromatic N) is 4. The van der Waals surface area contributed by atoms with Crippen LogP contribution in [0.2, 0.25) is 0 Å². The summed E-state index contributed by atoms with van der Waals surface area (Å²) in [7, 11) is 0. The molecule has 0 bridgehead atoms. The van der Waals surface area contributed by atoms with Crippen LogP contribution in [-0.2, 0) is 11.8 Å². The zero-order valence-corrected chi connectivity index (χ0v) is 20.2. The highest BCUT2D eigenvalue weighted by Crippen LogP contribution is 2.24. The van der Waals surface area contributed by atoms with Gasteiger partial charge in [-0.1, -0.05) is 32.9 Å². The molecule has 0 aliphatic carbocycles. The molecule has 3 heterocycles. The van der Waals surface area contributed by atoms with Crippen molar-refractivity contribution in [3.8, 4) is 0 Å². The molecule has 0 aromatic carbocycles. The smallest absolute Gasteiger partial charge is 0.193 e. The molecule has 1 fully saturated rings. The van der Waals surface area contributed by atoms with Gasteiger partial charge in [0.15, 0.2) is 5.96 Å². The first kappa shape index (κ1) is 22.6. The van der Waals surface area contributed by atoms with Crippen molar-refractivity contribution in [1.82, 2.24) is 20.1 Å². The summed E-state index contributed by atoms with van der Waals surface area (Å²) in [5.74, 6) is 1.06. The molecule has 0 radical (unpaired) electrons. The first-order valence-electron chi connectivity index (χ1n) is 9.84. The van der Waals surface area contributed by atoms with Crippen molar-refractivity contribution in [3.63, 3.8) is 0 Å². The topological polar surface area (TPSA) is 43.8 Å². The Labute approximate surface area is 185 Å². The number of aliphatic imine (C=N–C) groups is 1. The van der Waals surface area contributed by atoms with Crippen LogP contribution in [0.1, 0.15) is 44.8 Å². The minimum atomic E-state index is 0. The molecule has 0 saturated carbocycles. The van der Waals surface area contributed by atoms with E-state index in [-0.39, 0.29) is 29.4 Å². The molecule has 2 aliphatic rings. The SMILES string of the molecule is CCNC(=NCCc1nc(C(C)(C)C)cs1)N1CCC(N2CC=CC2)C1.I. The van der Waals surface area contributed by atoms with Crippen molar-refractivity contribution in [3.05, 3.63) is 28.2 Å². The van der Waals surface area contributed by atoms with Gasteiger partial charge < -0.3 is 10.2 Å². The third kappa shape index (κ3) is 6.15. The normalized spacial score (nSPS) is 21.0. The molecule has 1 atom stereocenters. The van der Waals surface area contributed by atoms with Gasteiger partial charge in [0.25, 0.3) is 0 Å². The Kier molecular flexibility index (Phi) is 8.55. The van der Waals surface area contributed by atoms with Crippen LogP contribution in [0.5, 0.6) is 0 Å². The van der Waals surface area contributed by atoms with E-state index >= 15 is 0 Å². The molecule has 0 spiro atoms. The average Bonchev–Trinajstić information content (AvgIpc) is 3.33. The Bertz CT molecular complexity index is 641. The number of nitrogens with one attached hydrogen (secondary N) is 1. The lowest BCUT2D eigenvalue weighted by Gasteiger charge is -2.25. The van der Waals surface area contributed by atoms with E-state index in [0.717, 1.165) is 51.6 Å². The third-order valence-electron chi connectivity index (χ3n) is 5.07. The lowest BCUT2D eigenvalue weighted by molar-refractivity contribution is 0.259. The number of halogens is 1. The van der Waals surface area contributed by atoms with E-state index in [0.29, 0.717) is 6.04 Å². The summed E-state index contributed by atoms with van der Waals surface area (Å²) < 4.78 is 0. The molecule has 1 saturated heterocycles. The monoisotopic (exact) mass is 503 g/mol. The Morgan fingerprint density at radius 2 is 2.07 bits per heavy atom. The predicted molar refractivity (Wildman–Crippen MR) is 127 cm³/mol. The van der Waals surface area contributed by atoms with Gasteiger partial charge in [0.2, 0.25) is 0 Å². The number of guanidine groups is 1. The van der Waals surface area contributed by atoms with Gasteiger partial charge in [0.05, 0.1) is 10.7 Å². The Morgan fingerprint density at radius 1 is 1.33 bits per heavy atom. The van der Waals surface area contributed by atoms with Crippen LogP contribution in [-0.4, -0.2) is 66.1 Å². The zero-order chi connectivity index (χ0) is 18.6. The predicted octanol–water partition coefficient (Wildman–Crippen LogP) is 3.51. The summed E-state index contributed by atoms with van der Waals surface area (Å²) in [6.07, 6.45) is 6.71. The number of thiazole rings is 1. The first-order chi connectivity index (χ1) is 12.5. The van der Waals surface area contributed by atoms with Crippen LogP contribution < -0.4 is 5.32 Å². The van der Waals surface area contributed by atoms with Gasteiger partial charge >= 0.3 is 0 Å². The summed E-state index contributed by atoms with van der Waals surface area (Å²) in [4.78, 5) is 14.7. The molecule has 2 aliphatic heterocycles. The lowest BCUT2D eigenvalue weighted by atomic mass is 9.93. The van der Waals surface area contributed by atoms with Gasteiger partial charge in [-0.25, -0.2) is 4.98 Å². The van der Waals surface area contributed by atoms with Crippen LogP contribution in [0.4, 0.5) is 0 Å². The number of aromatic nitrogens is 1. The molecular weight excluding hydrogens is 469 g/mol. The van der Waals surface area contributed by atoms with Crippen LogP contribution in [0.3, 0.4) is 0 Å². The quantitative estimate of drug-likeness (QED) is 0.289. The standard InChI is InChI=1S/C20H33N5S.HI/c1-5-21-19(25-13-9-16(14-25)24-11-6-7-12-24)22-10-8-18-23-17(15-26-18)20(2,3)4;/h6-7,15-16H,5,8-14H2,1-4H3,(H,21,22);1H. The van der Waals surface area contributed by atoms with Gasteiger partial charge in [-0.05, 0) is 13.3 Å². The highest BCUT2D eigenvalue weighted by atomic mass is 127. The van der Waals surface area contributed by atoms with Crippen LogP contribution in [0.25, 0.3) is 0 Å². The minimum Gasteiger partial charge on any atom is -0.357 e. The second-order valence-corrected chi connectivity index (χ2v) is 9.12. The van der Waals surface area contributed by atoms with E-state index in [4.69, 9.17) is 9.98 Å². The summed E-state index contributed by atoms with van der Waals surface area (Å²) in [5.41, 5.74) is 1.32. The highest BCUT2D eigenvalue weighted by molar-refractivity contribution is 14.0. The Morgan fingerprint density at radius 3 is 2.70 bits per heavy atom. The molecule has 152 valence electrons. The maximum absolute atomic E-state index is 4.89. The van der Waals surface area contributed by atoms with Crippen molar-refractivity contribution in [2.45, 2.75) is 52.0 Å². The summed E-state index contributed by atoms with van der Waals surface area (Å²) in [5, 5.41) is 6.86. The second-order valence-electron chi connectivity index (χ2n) is 8.18. The van der Waals surface area contributed by atoms with E-state index in [1.807, 2.05) is 0 Å². The van der Waals surface area contributed by atoms with Crippen molar-refractivity contribution >= 4 is 41.3 Å². The number of hydrogen-bond acceptors (Lipinski definition) is 4. The Balaban J connectivity index is 0.00000261. The van der Waals surface area contributed by atoms with Gasteiger partial charge in [0.1, 0.15) is 0 Å². The van der Waals surface area contributed by atoms with Gasteiger partial charge in [-0.15, -0.1) is 35.3 Å². The van der Waals surface area contributed by atoms with Crippen molar-refractivity contribution in [1.29, 1.82) is 0 Å². The molecule has 1 aromatic heterocycles. The van der Waals surface area contributed by atoms with Crippen LogP contribution >= 0.6 is 35.3 Å². The van der Waals surface area contributed by atoms with E-state index in [1.165, 1.54) is 17.1 Å². The molecule has 27 heavy (non-hydrogen) atoms. The summed E-state index contributed by atoms with van der Waals surface area (Å²) in [6, 6.07) is 0.655. The molecule has 5 nitrogen and oxygen atoms in total. The van der Waals surface area contributed by atoms with Crippen molar-refractivity contribution < 1.29 is 0 Å². The van der Waals surface area contributed by atoms with Crippen molar-refractivity contribution in [2.75, 3.05) is 39.3 Å². The van der Waals surface area contributed by atoms with E-state index < -0.39 is 0 Å². The number of hydrogen-bond donors (Lipinski definition) is 1. The molecule has 1 aromatic rings. The average molecular weight is 503 g/mol. The third-order valence-corrected chi connectivity index (χ3v) is 5.98.